The lowest BCUT2D eigenvalue weighted by Gasteiger charge is -2.15. The number of aromatic nitrogens is 3. The highest BCUT2D eigenvalue weighted by atomic mass is 16.5. The molecule has 0 radical (unpaired) electrons. The van der Waals surface area contributed by atoms with E-state index >= 15 is 0 Å². The molecule has 0 spiro atoms. The molecule has 6 nitrogen and oxygen atoms in total. The van der Waals surface area contributed by atoms with E-state index in [1.807, 2.05) is 71.2 Å². The van der Waals surface area contributed by atoms with E-state index in [4.69, 9.17) is 14.3 Å². The van der Waals surface area contributed by atoms with Crippen molar-refractivity contribution in [3.63, 3.8) is 0 Å². The van der Waals surface area contributed by atoms with Crippen LogP contribution in [0.2, 0.25) is 0 Å². The van der Waals surface area contributed by atoms with Gasteiger partial charge in [0.15, 0.2) is 11.5 Å². The van der Waals surface area contributed by atoms with Crippen LogP contribution in [0, 0.1) is 0 Å². The van der Waals surface area contributed by atoms with E-state index < -0.39 is 0 Å². The molecule has 0 amide bonds. The van der Waals surface area contributed by atoms with Gasteiger partial charge in [0, 0.05) is 18.7 Å². The summed E-state index contributed by atoms with van der Waals surface area (Å²) in [5, 5.41) is 4.70. The van der Waals surface area contributed by atoms with Crippen molar-refractivity contribution >= 4 is 17.3 Å². The van der Waals surface area contributed by atoms with E-state index in [2.05, 4.69) is 4.98 Å². The lowest BCUT2D eigenvalue weighted by molar-refractivity contribution is 0.415. The fourth-order valence-electron chi connectivity index (χ4n) is 2.57. The van der Waals surface area contributed by atoms with E-state index in [0.29, 0.717) is 0 Å². The Morgan fingerprint density at radius 1 is 1.08 bits per heavy atom. The Kier molecular flexibility index (Phi) is 3.42. The number of anilines is 2. The number of fused-ring (bicyclic) bond motifs is 1. The molecule has 1 aromatic carbocycles. The van der Waals surface area contributed by atoms with Gasteiger partial charge in [-0.15, -0.1) is 5.10 Å². The topological polar surface area (TPSA) is 55.8 Å². The van der Waals surface area contributed by atoms with Crippen molar-refractivity contribution in [3.05, 3.63) is 61.0 Å². The minimum absolute atomic E-state index is 0.730. The molecule has 0 N–H and O–H groups in total. The van der Waals surface area contributed by atoms with E-state index in [1.165, 1.54) is 0 Å². The Morgan fingerprint density at radius 3 is 2.62 bits per heavy atom. The molecule has 0 unspecified atom stereocenters. The Balaban J connectivity index is 1.78. The number of furan rings is 1. The van der Waals surface area contributed by atoms with Gasteiger partial charge in [0.1, 0.15) is 5.75 Å². The van der Waals surface area contributed by atoms with Crippen LogP contribution in [0.25, 0.3) is 16.9 Å². The zero-order valence-corrected chi connectivity index (χ0v) is 13.4. The number of benzene rings is 1. The maximum Gasteiger partial charge on any atom is 0.200 e. The van der Waals surface area contributed by atoms with E-state index in [0.717, 1.165) is 34.4 Å². The summed E-state index contributed by atoms with van der Waals surface area (Å²) in [5.74, 6) is 2.32. The van der Waals surface area contributed by atoms with Crippen molar-refractivity contribution < 1.29 is 9.15 Å². The summed E-state index contributed by atoms with van der Waals surface area (Å²) in [6, 6.07) is 15.4. The second-order valence-corrected chi connectivity index (χ2v) is 5.34. The number of rotatable bonds is 4. The molecule has 24 heavy (non-hydrogen) atoms. The van der Waals surface area contributed by atoms with Gasteiger partial charge in [0.05, 0.1) is 25.3 Å². The number of nitrogens with zero attached hydrogens (tertiary/aromatic N) is 4. The third kappa shape index (κ3) is 2.38. The van der Waals surface area contributed by atoms with Crippen molar-refractivity contribution in [2.75, 3.05) is 19.1 Å². The van der Waals surface area contributed by atoms with Crippen LogP contribution in [-0.2, 0) is 0 Å². The predicted molar refractivity (Wildman–Crippen MR) is 91.7 cm³/mol. The fourth-order valence-corrected chi connectivity index (χ4v) is 2.57. The van der Waals surface area contributed by atoms with Gasteiger partial charge in [0.2, 0.25) is 5.88 Å². The SMILES string of the molecule is COc1ccc(-c2cnc3ccc(N(C)c4ccco4)nn23)cc1. The molecule has 3 aromatic heterocycles. The van der Waals surface area contributed by atoms with Crippen LogP contribution < -0.4 is 9.64 Å². The van der Waals surface area contributed by atoms with Gasteiger partial charge in [-0.2, -0.15) is 0 Å². The summed E-state index contributed by atoms with van der Waals surface area (Å²) in [5.41, 5.74) is 2.73. The molecule has 0 aliphatic carbocycles. The van der Waals surface area contributed by atoms with Crippen LogP contribution in [0.3, 0.4) is 0 Å². The summed E-state index contributed by atoms with van der Waals surface area (Å²) >= 11 is 0. The molecule has 0 aliphatic rings. The van der Waals surface area contributed by atoms with Crippen molar-refractivity contribution in [2.24, 2.45) is 0 Å². The van der Waals surface area contributed by atoms with Crippen LogP contribution in [0.1, 0.15) is 0 Å². The van der Waals surface area contributed by atoms with Gasteiger partial charge in [0.25, 0.3) is 0 Å². The fraction of sp³-hybridized carbons (Fsp3) is 0.111. The van der Waals surface area contributed by atoms with Crippen molar-refractivity contribution in [2.45, 2.75) is 0 Å². The molecule has 0 fully saturated rings. The molecule has 4 aromatic rings. The maximum atomic E-state index is 5.43. The van der Waals surface area contributed by atoms with Crippen LogP contribution in [0.15, 0.2) is 65.4 Å². The second-order valence-electron chi connectivity index (χ2n) is 5.34. The minimum atomic E-state index is 0.730. The molecule has 0 saturated heterocycles. The molecular formula is C18H16N4O2. The number of ether oxygens (including phenoxy) is 1. The van der Waals surface area contributed by atoms with Crippen LogP contribution in [0.5, 0.6) is 5.75 Å². The van der Waals surface area contributed by atoms with Gasteiger partial charge in [-0.3, -0.25) is 4.90 Å². The van der Waals surface area contributed by atoms with Gasteiger partial charge in [-0.1, -0.05) is 0 Å². The number of methoxy groups -OCH3 is 1. The third-order valence-corrected chi connectivity index (χ3v) is 3.91. The smallest absolute Gasteiger partial charge is 0.200 e. The lowest BCUT2D eigenvalue weighted by Crippen LogP contribution is -2.12. The minimum Gasteiger partial charge on any atom is -0.497 e. The van der Waals surface area contributed by atoms with E-state index in [-0.39, 0.29) is 0 Å². The van der Waals surface area contributed by atoms with Crippen molar-refractivity contribution in [1.29, 1.82) is 0 Å². The maximum absolute atomic E-state index is 5.43. The first-order valence-corrected chi connectivity index (χ1v) is 7.53. The van der Waals surface area contributed by atoms with Crippen LogP contribution in [0.4, 0.5) is 11.7 Å². The van der Waals surface area contributed by atoms with Gasteiger partial charge in [-0.05, 0) is 42.5 Å². The first kappa shape index (κ1) is 14.3. The normalized spacial score (nSPS) is 10.9. The molecule has 120 valence electrons. The first-order chi connectivity index (χ1) is 11.8. The number of hydrogen-bond acceptors (Lipinski definition) is 5. The zero-order chi connectivity index (χ0) is 16.5. The van der Waals surface area contributed by atoms with Crippen LogP contribution in [-0.4, -0.2) is 28.8 Å². The quantitative estimate of drug-likeness (QED) is 0.573. The molecule has 0 saturated carbocycles. The Morgan fingerprint density at radius 2 is 1.92 bits per heavy atom. The molecule has 6 heteroatoms. The standard InChI is InChI=1S/C18H16N4O2/c1-21(18-4-3-11-24-18)17-10-9-16-19-12-15(22(16)20-17)13-5-7-14(23-2)8-6-13/h3-12H,1-2H3. The number of imidazole rings is 1. The Bertz CT molecular complexity index is 959. The predicted octanol–water partition coefficient (Wildman–Crippen LogP) is 3.77. The molecule has 4 rings (SSSR count). The largest absolute Gasteiger partial charge is 0.497 e. The molecule has 0 atom stereocenters. The summed E-state index contributed by atoms with van der Waals surface area (Å²) < 4.78 is 12.5. The summed E-state index contributed by atoms with van der Waals surface area (Å²) in [7, 11) is 3.57. The summed E-state index contributed by atoms with van der Waals surface area (Å²) in [6.07, 6.45) is 3.46. The van der Waals surface area contributed by atoms with E-state index in [9.17, 15) is 0 Å². The molecular weight excluding hydrogens is 304 g/mol. The Labute approximate surface area is 138 Å². The van der Waals surface area contributed by atoms with Crippen LogP contribution >= 0.6 is 0 Å². The first-order valence-electron chi connectivity index (χ1n) is 7.53. The van der Waals surface area contributed by atoms with Crippen molar-refractivity contribution in [1.82, 2.24) is 14.6 Å². The lowest BCUT2D eigenvalue weighted by atomic mass is 10.1. The van der Waals surface area contributed by atoms with Crippen molar-refractivity contribution in [3.8, 4) is 17.0 Å². The molecule has 0 bridgehead atoms. The zero-order valence-electron chi connectivity index (χ0n) is 13.4. The summed E-state index contributed by atoms with van der Waals surface area (Å²) in [6.45, 7) is 0. The number of hydrogen-bond donors (Lipinski definition) is 0. The second kappa shape index (κ2) is 5.73. The highest BCUT2D eigenvalue weighted by molar-refractivity contribution is 5.65. The van der Waals surface area contributed by atoms with Gasteiger partial charge >= 0.3 is 0 Å². The third-order valence-electron chi connectivity index (χ3n) is 3.91. The van der Waals surface area contributed by atoms with Gasteiger partial charge in [-0.25, -0.2) is 9.50 Å². The average molecular weight is 320 g/mol. The molecule has 3 heterocycles. The van der Waals surface area contributed by atoms with Gasteiger partial charge < -0.3 is 9.15 Å². The highest BCUT2D eigenvalue weighted by Gasteiger charge is 2.12. The summed E-state index contributed by atoms with van der Waals surface area (Å²) in [4.78, 5) is 6.31. The molecule has 0 aliphatic heterocycles. The Hall–Kier alpha value is -3.28. The monoisotopic (exact) mass is 320 g/mol. The average Bonchev–Trinajstić information content (AvgIpc) is 3.30. The highest BCUT2D eigenvalue weighted by Crippen LogP contribution is 2.26. The van der Waals surface area contributed by atoms with E-state index in [1.54, 1.807) is 13.4 Å².